The smallest absolute Gasteiger partial charge is 0.387 e. The lowest BCUT2D eigenvalue weighted by Crippen LogP contribution is -2.10. The van der Waals surface area contributed by atoms with E-state index in [9.17, 15) is 22.4 Å². The number of amides is 1. The van der Waals surface area contributed by atoms with Gasteiger partial charge in [-0.2, -0.15) is 21.9 Å². The molecule has 1 amide bonds. The number of aromatic nitrogens is 2. The summed E-state index contributed by atoms with van der Waals surface area (Å²) in [7, 11) is 0. The zero-order valence-corrected chi connectivity index (χ0v) is 16.4. The van der Waals surface area contributed by atoms with E-state index in [2.05, 4.69) is 19.4 Å². The third-order valence-corrected chi connectivity index (χ3v) is 5.29. The Balaban J connectivity index is 1.69. The average molecular weight is 443 g/mol. The summed E-state index contributed by atoms with van der Waals surface area (Å²) in [5.41, 5.74) is 0.829. The maximum Gasteiger partial charge on any atom is 0.387 e. The van der Waals surface area contributed by atoms with Crippen LogP contribution in [-0.2, 0) is 6.42 Å². The second-order valence-corrected chi connectivity index (χ2v) is 7.46. The van der Waals surface area contributed by atoms with Crippen LogP contribution in [0.3, 0.4) is 0 Å². The molecule has 0 spiro atoms. The summed E-state index contributed by atoms with van der Waals surface area (Å²) in [5.74, 6) is -0.232. The molecule has 2 heterocycles. The fraction of sp³-hybridized carbons (Fsp3) is 0.167. The first-order chi connectivity index (χ1) is 13.8. The average Bonchev–Trinajstić information content (AvgIpc) is 3.31. The Morgan fingerprint density at radius 2 is 2.07 bits per heavy atom. The van der Waals surface area contributed by atoms with E-state index in [1.54, 1.807) is 23.6 Å². The highest BCUT2D eigenvalue weighted by Gasteiger charge is 2.14. The summed E-state index contributed by atoms with van der Waals surface area (Å²) in [5, 5.41) is 4.37. The van der Waals surface area contributed by atoms with Crippen LogP contribution in [0.5, 0.6) is 5.75 Å². The highest BCUT2D eigenvalue weighted by Crippen LogP contribution is 2.30. The predicted molar refractivity (Wildman–Crippen MR) is 103 cm³/mol. The van der Waals surface area contributed by atoms with E-state index < -0.39 is 18.6 Å². The molecule has 0 fully saturated rings. The highest BCUT2D eigenvalue weighted by atomic mass is 32.1. The van der Waals surface area contributed by atoms with Crippen molar-refractivity contribution in [2.45, 2.75) is 20.0 Å². The van der Waals surface area contributed by atoms with E-state index in [0.29, 0.717) is 16.0 Å². The second kappa shape index (κ2) is 9.14. The number of allylic oxidation sites excluding steroid dienone is 1. The number of alkyl halides is 2. The van der Waals surface area contributed by atoms with E-state index in [-0.39, 0.29) is 28.7 Å². The predicted octanol–water partition coefficient (Wildman–Crippen LogP) is 5.83. The number of hydrogen-bond acceptors (Lipinski definition) is 6. The van der Waals surface area contributed by atoms with Crippen molar-refractivity contribution < 1.29 is 27.1 Å². The Morgan fingerprint density at radius 1 is 1.28 bits per heavy atom. The largest absolute Gasteiger partial charge is 0.435 e. The molecule has 0 bridgehead atoms. The number of nitrogens with one attached hydrogen (secondary N) is 1. The third-order valence-electron chi connectivity index (χ3n) is 3.64. The minimum Gasteiger partial charge on any atom is -0.435 e. The second-order valence-electron chi connectivity index (χ2n) is 5.79. The van der Waals surface area contributed by atoms with Crippen LogP contribution in [0.2, 0.25) is 0 Å². The molecule has 11 heteroatoms. The zero-order chi connectivity index (χ0) is 21.0. The minimum absolute atomic E-state index is 0.0207. The van der Waals surface area contributed by atoms with Gasteiger partial charge >= 0.3 is 6.61 Å². The van der Waals surface area contributed by atoms with E-state index in [4.69, 9.17) is 0 Å². The van der Waals surface area contributed by atoms with E-state index in [0.717, 1.165) is 11.5 Å². The molecule has 0 atom stereocenters. The van der Waals surface area contributed by atoms with Gasteiger partial charge in [-0.05, 0) is 36.3 Å². The Hall–Kier alpha value is -2.79. The van der Waals surface area contributed by atoms with Gasteiger partial charge in [0.2, 0.25) is 5.13 Å². The summed E-state index contributed by atoms with van der Waals surface area (Å²) in [6, 6.07) is 7.76. The fourth-order valence-corrected chi connectivity index (χ4v) is 3.75. The quantitative estimate of drug-likeness (QED) is 0.467. The van der Waals surface area contributed by atoms with Gasteiger partial charge in [-0.15, -0.1) is 11.3 Å². The number of ether oxygens (including phenoxy) is 1. The van der Waals surface area contributed by atoms with Gasteiger partial charge in [0, 0.05) is 28.2 Å². The molecule has 0 aliphatic carbocycles. The van der Waals surface area contributed by atoms with Crippen LogP contribution in [0.1, 0.15) is 23.1 Å². The molecular weight excluding hydrogens is 430 g/mol. The molecule has 0 aliphatic rings. The lowest BCUT2D eigenvalue weighted by atomic mass is 10.1. The Labute approximate surface area is 170 Å². The molecule has 1 N–H and O–H groups in total. The monoisotopic (exact) mass is 443 g/mol. The van der Waals surface area contributed by atoms with Gasteiger partial charge in [-0.25, -0.2) is 4.98 Å². The van der Waals surface area contributed by atoms with Crippen LogP contribution in [0, 0.1) is 0 Å². The van der Waals surface area contributed by atoms with Crippen molar-refractivity contribution >= 4 is 33.9 Å². The first-order valence-electron chi connectivity index (χ1n) is 8.10. The number of halogens is 4. The molecule has 0 unspecified atom stereocenters. The summed E-state index contributed by atoms with van der Waals surface area (Å²) >= 11 is 2.15. The Morgan fingerprint density at radius 3 is 2.79 bits per heavy atom. The highest BCUT2D eigenvalue weighted by molar-refractivity contribution is 7.14. The molecular formula is C18H13F4N3O2S2. The third kappa shape index (κ3) is 5.61. The standard InChI is InChI=1S/C18H13F4N3O2S2/c1-9(15(19)20)5-14-23-18(29-25-14)24-16(26)11-7-13(28-8-11)10-3-2-4-12(6-10)27-17(21)22/h2-4,6-8,17H,5H2,1H3,(H,23,24,25,26). The maximum atomic E-state index is 12.5. The molecule has 5 nitrogen and oxygen atoms in total. The van der Waals surface area contributed by atoms with Gasteiger partial charge in [0.05, 0.1) is 5.56 Å². The van der Waals surface area contributed by atoms with Gasteiger partial charge < -0.3 is 4.74 Å². The maximum absolute atomic E-state index is 12.5. The van der Waals surface area contributed by atoms with Crippen LogP contribution in [-0.4, -0.2) is 21.9 Å². The van der Waals surface area contributed by atoms with Gasteiger partial charge in [0.25, 0.3) is 12.0 Å². The van der Waals surface area contributed by atoms with Crippen molar-refractivity contribution in [1.82, 2.24) is 9.36 Å². The van der Waals surface area contributed by atoms with Crippen LogP contribution < -0.4 is 10.1 Å². The molecule has 29 heavy (non-hydrogen) atoms. The minimum atomic E-state index is -2.92. The van der Waals surface area contributed by atoms with Crippen LogP contribution in [0.25, 0.3) is 10.4 Å². The number of carbonyl (C=O) groups excluding carboxylic acids is 1. The van der Waals surface area contributed by atoms with Crippen molar-refractivity contribution in [3.05, 3.63) is 58.8 Å². The van der Waals surface area contributed by atoms with Crippen LogP contribution in [0.4, 0.5) is 22.7 Å². The van der Waals surface area contributed by atoms with Gasteiger partial charge in [0.1, 0.15) is 11.6 Å². The van der Waals surface area contributed by atoms with Gasteiger partial charge in [-0.1, -0.05) is 12.1 Å². The van der Waals surface area contributed by atoms with Crippen molar-refractivity contribution in [3.8, 4) is 16.2 Å². The first-order valence-corrected chi connectivity index (χ1v) is 9.75. The lowest BCUT2D eigenvalue weighted by molar-refractivity contribution is -0.0498. The molecule has 0 saturated carbocycles. The first kappa shape index (κ1) is 20.9. The summed E-state index contributed by atoms with van der Waals surface area (Å²) < 4.78 is 58.0. The van der Waals surface area contributed by atoms with Crippen molar-refractivity contribution in [2.75, 3.05) is 5.32 Å². The normalized spacial score (nSPS) is 10.8. The lowest BCUT2D eigenvalue weighted by Gasteiger charge is -2.05. The topological polar surface area (TPSA) is 64.1 Å². The number of anilines is 1. The molecule has 3 rings (SSSR count). The van der Waals surface area contributed by atoms with Crippen LogP contribution in [0.15, 0.2) is 47.4 Å². The van der Waals surface area contributed by atoms with Crippen molar-refractivity contribution in [3.63, 3.8) is 0 Å². The summed E-state index contributed by atoms with van der Waals surface area (Å²) in [4.78, 5) is 17.1. The van der Waals surface area contributed by atoms with Crippen LogP contribution >= 0.6 is 22.9 Å². The Kier molecular flexibility index (Phi) is 6.60. The summed E-state index contributed by atoms with van der Waals surface area (Å²) in [6.07, 6.45) is -1.88. The Bertz CT molecular complexity index is 1050. The van der Waals surface area contributed by atoms with Crippen molar-refractivity contribution in [1.29, 1.82) is 0 Å². The fourth-order valence-electron chi connectivity index (χ4n) is 2.28. The summed E-state index contributed by atoms with van der Waals surface area (Å²) in [6.45, 7) is -1.64. The van der Waals surface area contributed by atoms with E-state index in [1.165, 1.54) is 30.4 Å². The number of hydrogen-bond donors (Lipinski definition) is 1. The number of thiophene rings is 1. The molecule has 0 saturated heterocycles. The van der Waals surface area contributed by atoms with Crippen molar-refractivity contribution in [2.24, 2.45) is 0 Å². The van der Waals surface area contributed by atoms with E-state index >= 15 is 0 Å². The molecule has 0 aliphatic heterocycles. The van der Waals surface area contributed by atoms with Gasteiger partial charge in [0.15, 0.2) is 0 Å². The molecule has 3 aromatic rings. The van der Waals surface area contributed by atoms with Gasteiger partial charge in [-0.3, -0.25) is 10.1 Å². The zero-order valence-electron chi connectivity index (χ0n) is 14.8. The SMILES string of the molecule is CC(Cc1nsc(NC(=O)c2csc(-c3cccc(OC(F)F)c3)c2)n1)=C(F)F. The number of nitrogens with zero attached hydrogens (tertiary/aromatic N) is 2. The molecule has 1 aromatic carbocycles. The number of benzene rings is 1. The molecule has 152 valence electrons. The molecule has 2 aromatic heterocycles. The molecule has 0 radical (unpaired) electrons. The number of rotatable bonds is 7. The van der Waals surface area contributed by atoms with E-state index in [1.807, 2.05) is 0 Å². The number of carbonyl (C=O) groups is 1.